The summed E-state index contributed by atoms with van der Waals surface area (Å²) >= 11 is 1.86. The molecule has 0 radical (unpaired) electrons. The predicted molar refractivity (Wildman–Crippen MR) is 96.6 cm³/mol. The number of aryl methyl sites for hydroxylation is 1. The van der Waals surface area contributed by atoms with Gasteiger partial charge in [-0.2, -0.15) is 0 Å². The van der Waals surface area contributed by atoms with Crippen LogP contribution in [0.5, 0.6) is 0 Å². The summed E-state index contributed by atoms with van der Waals surface area (Å²) in [7, 11) is 0. The van der Waals surface area contributed by atoms with E-state index in [-0.39, 0.29) is 0 Å². The van der Waals surface area contributed by atoms with Gasteiger partial charge >= 0.3 is 0 Å². The third-order valence-electron chi connectivity index (χ3n) is 4.86. The molecule has 5 heteroatoms. The molecule has 3 heterocycles. The lowest BCUT2D eigenvalue weighted by Crippen LogP contribution is -2.40. The standard InChI is InChI=1S/C18H28N4S/c1-3-21-9-5-7-16(21)12-20(14-18-8-6-10-23-18)13-17-11-19-15-22(17)4-2/h6,8,10-11,15-16H,3-5,7,9,12-14H2,1-2H3. The van der Waals surface area contributed by atoms with E-state index in [9.17, 15) is 0 Å². The molecule has 126 valence electrons. The Hall–Kier alpha value is -1.17. The Bertz CT molecular complexity index is 578. The molecule has 1 aliphatic rings. The summed E-state index contributed by atoms with van der Waals surface area (Å²) in [6.07, 6.45) is 6.66. The number of aromatic nitrogens is 2. The fraction of sp³-hybridized carbons (Fsp3) is 0.611. The van der Waals surface area contributed by atoms with Crippen molar-refractivity contribution in [3.63, 3.8) is 0 Å². The number of thiophene rings is 1. The van der Waals surface area contributed by atoms with Crippen molar-refractivity contribution in [1.29, 1.82) is 0 Å². The van der Waals surface area contributed by atoms with E-state index in [4.69, 9.17) is 0 Å². The first kappa shape index (κ1) is 16.7. The number of nitrogens with zero attached hydrogens (tertiary/aromatic N) is 4. The fourth-order valence-electron chi connectivity index (χ4n) is 3.62. The molecule has 2 aromatic heterocycles. The van der Waals surface area contributed by atoms with Gasteiger partial charge in [0, 0.05) is 43.3 Å². The lowest BCUT2D eigenvalue weighted by Gasteiger charge is -2.30. The van der Waals surface area contributed by atoms with E-state index >= 15 is 0 Å². The van der Waals surface area contributed by atoms with Gasteiger partial charge in [-0.25, -0.2) is 4.98 Å². The van der Waals surface area contributed by atoms with Crippen LogP contribution in [0.4, 0.5) is 0 Å². The summed E-state index contributed by atoms with van der Waals surface area (Å²) < 4.78 is 2.26. The molecule has 1 aliphatic heterocycles. The first-order valence-electron chi connectivity index (χ1n) is 8.78. The average Bonchev–Trinajstić information content (AvgIpc) is 3.28. The molecule has 2 aromatic rings. The smallest absolute Gasteiger partial charge is 0.0948 e. The summed E-state index contributed by atoms with van der Waals surface area (Å²) in [5.74, 6) is 0. The van der Waals surface area contributed by atoms with Crippen LogP contribution in [0.2, 0.25) is 0 Å². The second kappa shape index (κ2) is 8.08. The van der Waals surface area contributed by atoms with Crippen LogP contribution < -0.4 is 0 Å². The maximum atomic E-state index is 4.33. The zero-order chi connectivity index (χ0) is 16.1. The van der Waals surface area contributed by atoms with Crippen LogP contribution in [0.25, 0.3) is 0 Å². The summed E-state index contributed by atoms with van der Waals surface area (Å²) in [4.78, 5) is 11.0. The molecule has 1 atom stereocenters. The van der Waals surface area contributed by atoms with Gasteiger partial charge in [-0.15, -0.1) is 11.3 Å². The Morgan fingerprint density at radius 1 is 1.30 bits per heavy atom. The second-order valence-electron chi connectivity index (χ2n) is 6.34. The molecule has 3 rings (SSSR count). The quantitative estimate of drug-likeness (QED) is 0.740. The van der Waals surface area contributed by atoms with E-state index in [1.54, 1.807) is 0 Å². The number of rotatable bonds is 8. The number of likely N-dealkylation sites (tertiary alicyclic amines) is 1. The first-order valence-corrected chi connectivity index (χ1v) is 9.66. The van der Waals surface area contributed by atoms with Crippen LogP contribution in [0, 0.1) is 0 Å². The molecule has 0 spiro atoms. The maximum absolute atomic E-state index is 4.33. The zero-order valence-corrected chi connectivity index (χ0v) is 15.1. The largest absolute Gasteiger partial charge is 0.334 e. The highest BCUT2D eigenvalue weighted by atomic mass is 32.1. The third-order valence-corrected chi connectivity index (χ3v) is 5.72. The van der Waals surface area contributed by atoms with Gasteiger partial charge in [0.2, 0.25) is 0 Å². The van der Waals surface area contributed by atoms with E-state index in [2.05, 4.69) is 50.7 Å². The van der Waals surface area contributed by atoms with Gasteiger partial charge in [0.25, 0.3) is 0 Å². The Morgan fingerprint density at radius 3 is 2.96 bits per heavy atom. The highest BCUT2D eigenvalue weighted by molar-refractivity contribution is 7.09. The normalized spacial score (nSPS) is 19.0. The van der Waals surface area contributed by atoms with E-state index in [1.165, 1.54) is 36.5 Å². The van der Waals surface area contributed by atoms with E-state index in [0.717, 1.165) is 26.2 Å². The van der Waals surface area contributed by atoms with Gasteiger partial charge in [-0.3, -0.25) is 9.80 Å². The molecule has 0 aromatic carbocycles. The van der Waals surface area contributed by atoms with E-state index in [0.29, 0.717) is 6.04 Å². The van der Waals surface area contributed by atoms with Crippen LogP contribution in [0.3, 0.4) is 0 Å². The van der Waals surface area contributed by atoms with Crippen molar-refractivity contribution >= 4 is 11.3 Å². The van der Waals surface area contributed by atoms with Gasteiger partial charge < -0.3 is 4.57 Å². The Balaban J connectivity index is 1.70. The molecular formula is C18H28N4S. The summed E-state index contributed by atoms with van der Waals surface area (Å²) in [6, 6.07) is 5.11. The Labute approximate surface area is 143 Å². The lowest BCUT2D eigenvalue weighted by atomic mass is 10.2. The van der Waals surface area contributed by atoms with Gasteiger partial charge in [0.05, 0.1) is 12.0 Å². The van der Waals surface area contributed by atoms with Crippen molar-refractivity contribution in [3.8, 4) is 0 Å². The van der Waals surface area contributed by atoms with E-state index < -0.39 is 0 Å². The fourth-order valence-corrected chi connectivity index (χ4v) is 4.36. The van der Waals surface area contributed by atoms with Crippen molar-refractivity contribution in [1.82, 2.24) is 19.4 Å². The number of imidazole rings is 1. The Kier molecular flexibility index (Phi) is 5.86. The number of hydrogen-bond acceptors (Lipinski definition) is 4. The van der Waals surface area contributed by atoms with Crippen molar-refractivity contribution in [2.45, 2.75) is 52.4 Å². The minimum atomic E-state index is 0.706. The van der Waals surface area contributed by atoms with Crippen LogP contribution in [0.15, 0.2) is 30.0 Å². The number of likely N-dealkylation sites (N-methyl/N-ethyl adjacent to an activating group) is 1. The molecule has 23 heavy (non-hydrogen) atoms. The molecule has 0 bridgehead atoms. The third kappa shape index (κ3) is 4.22. The molecular weight excluding hydrogens is 304 g/mol. The van der Waals surface area contributed by atoms with Crippen molar-refractivity contribution < 1.29 is 0 Å². The van der Waals surface area contributed by atoms with Crippen LogP contribution in [-0.4, -0.2) is 45.0 Å². The monoisotopic (exact) mass is 332 g/mol. The van der Waals surface area contributed by atoms with Crippen molar-refractivity contribution in [2.24, 2.45) is 0 Å². The van der Waals surface area contributed by atoms with Crippen molar-refractivity contribution in [3.05, 3.63) is 40.6 Å². The van der Waals surface area contributed by atoms with Crippen LogP contribution >= 0.6 is 11.3 Å². The predicted octanol–water partition coefficient (Wildman–Crippen LogP) is 3.45. The highest BCUT2D eigenvalue weighted by Crippen LogP contribution is 2.21. The number of hydrogen-bond donors (Lipinski definition) is 0. The molecule has 1 saturated heterocycles. The van der Waals surface area contributed by atoms with Gasteiger partial charge in [-0.1, -0.05) is 13.0 Å². The lowest BCUT2D eigenvalue weighted by molar-refractivity contribution is 0.164. The SMILES string of the molecule is CCN1CCCC1CN(Cc1cccs1)Cc1cncn1CC. The molecule has 0 amide bonds. The minimum absolute atomic E-state index is 0.706. The minimum Gasteiger partial charge on any atom is -0.334 e. The van der Waals surface area contributed by atoms with Crippen LogP contribution in [0.1, 0.15) is 37.3 Å². The van der Waals surface area contributed by atoms with Crippen molar-refractivity contribution in [2.75, 3.05) is 19.6 Å². The maximum Gasteiger partial charge on any atom is 0.0948 e. The summed E-state index contributed by atoms with van der Waals surface area (Å²) in [6.45, 7) is 11.1. The Morgan fingerprint density at radius 2 is 2.22 bits per heavy atom. The highest BCUT2D eigenvalue weighted by Gasteiger charge is 2.25. The average molecular weight is 333 g/mol. The summed E-state index contributed by atoms with van der Waals surface area (Å²) in [5, 5.41) is 2.18. The first-order chi connectivity index (χ1) is 11.3. The van der Waals surface area contributed by atoms with Gasteiger partial charge in [0.15, 0.2) is 0 Å². The molecule has 1 fully saturated rings. The molecule has 0 N–H and O–H groups in total. The summed E-state index contributed by atoms with van der Waals surface area (Å²) in [5.41, 5.74) is 1.32. The van der Waals surface area contributed by atoms with Gasteiger partial charge in [0.1, 0.15) is 0 Å². The second-order valence-corrected chi connectivity index (χ2v) is 7.38. The van der Waals surface area contributed by atoms with Gasteiger partial charge in [-0.05, 0) is 44.3 Å². The molecule has 0 saturated carbocycles. The topological polar surface area (TPSA) is 24.3 Å². The zero-order valence-electron chi connectivity index (χ0n) is 14.3. The van der Waals surface area contributed by atoms with E-state index in [1.807, 2.05) is 23.9 Å². The molecule has 1 unspecified atom stereocenters. The van der Waals surface area contributed by atoms with Crippen LogP contribution in [-0.2, 0) is 19.6 Å². The molecule has 0 aliphatic carbocycles. The molecule has 4 nitrogen and oxygen atoms in total.